The average Bonchev–Trinajstić information content (AvgIpc) is 2.88. The van der Waals surface area contributed by atoms with Gasteiger partial charge in [0, 0.05) is 30.1 Å². The van der Waals surface area contributed by atoms with Crippen LogP contribution in [0.15, 0.2) is 11.6 Å². The summed E-state index contributed by atoms with van der Waals surface area (Å²) in [5.41, 5.74) is 1.44. The molecule has 0 spiro atoms. The topological polar surface area (TPSA) is 34.1 Å². The molecule has 4 aliphatic carbocycles. The van der Waals surface area contributed by atoms with E-state index in [4.69, 9.17) is 0 Å². The van der Waals surface area contributed by atoms with Crippen molar-refractivity contribution in [3.8, 4) is 11.8 Å². The van der Waals surface area contributed by atoms with Crippen molar-refractivity contribution < 1.29 is 9.59 Å². The first-order chi connectivity index (χ1) is 11.5. The van der Waals surface area contributed by atoms with Crippen LogP contribution >= 0.6 is 0 Å². The normalized spacial score (nSPS) is 43.9. The summed E-state index contributed by atoms with van der Waals surface area (Å²) < 4.78 is 0. The average molecular weight is 324 g/mol. The second-order valence-electron chi connectivity index (χ2n) is 8.73. The fraction of sp³-hybridized carbons (Fsp3) is 0.727. The highest BCUT2D eigenvalue weighted by atomic mass is 16.1. The van der Waals surface area contributed by atoms with Crippen molar-refractivity contribution in [2.24, 2.45) is 28.6 Å². The maximum absolute atomic E-state index is 12.5. The van der Waals surface area contributed by atoms with E-state index in [9.17, 15) is 9.59 Å². The molecule has 3 fully saturated rings. The molecule has 2 heteroatoms. The van der Waals surface area contributed by atoms with Crippen LogP contribution in [0.5, 0.6) is 0 Å². The monoisotopic (exact) mass is 324 g/mol. The summed E-state index contributed by atoms with van der Waals surface area (Å²) in [6.07, 6.45) is 10.8. The van der Waals surface area contributed by atoms with Gasteiger partial charge >= 0.3 is 0 Å². The van der Waals surface area contributed by atoms with E-state index in [0.29, 0.717) is 35.7 Å². The van der Waals surface area contributed by atoms with Gasteiger partial charge in [-0.05, 0) is 69.3 Å². The molecule has 0 aromatic rings. The van der Waals surface area contributed by atoms with Crippen molar-refractivity contribution in [3.63, 3.8) is 0 Å². The number of Topliss-reactive ketones (excluding diaryl/α,β-unsaturated/α-hetero) is 1. The molecule has 128 valence electrons. The molecule has 1 unspecified atom stereocenters. The van der Waals surface area contributed by atoms with Crippen molar-refractivity contribution in [1.29, 1.82) is 0 Å². The summed E-state index contributed by atoms with van der Waals surface area (Å²) in [5, 5.41) is 0. The minimum absolute atomic E-state index is 0.0650. The van der Waals surface area contributed by atoms with Crippen LogP contribution in [0.2, 0.25) is 0 Å². The highest BCUT2D eigenvalue weighted by Crippen LogP contribution is 2.65. The van der Waals surface area contributed by atoms with Crippen LogP contribution in [0.1, 0.15) is 71.6 Å². The Morgan fingerprint density at radius 2 is 1.92 bits per heavy atom. The zero-order chi connectivity index (χ0) is 16.9. The van der Waals surface area contributed by atoms with Gasteiger partial charge in [-0.2, -0.15) is 0 Å². The summed E-state index contributed by atoms with van der Waals surface area (Å²) in [7, 11) is 0. The largest absolute Gasteiger partial charge is 0.299 e. The quantitative estimate of drug-likeness (QED) is 0.666. The van der Waals surface area contributed by atoms with Crippen molar-refractivity contribution in [2.45, 2.75) is 71.6 Å². The zero-order valence-corrected chi connectivity index (χ0v) is 15.0. The standard InChI is InChI=1S/C22H28O2/c1-3-4-11-22-13-9-16(23)14-15(22)5-6-17-18-7-8-20(24)21(18,2)12-10-19(17)22/h14,17-19H,5-13H2,1-2H3/t17-,18-,19-,21-,22?/m0/s1. The summed E-state index contributed by atoms with van der Waals surface area (Å²) in [6, 6.07) is 0. The maximum atomic E-state index is 12.5. The van der Waals surface area contributed by atoms with Gasteiger partial charge in [-0.15, -0.1) is 11.8 Å². The van der Waals surface area contributed by atoms with Crippen LogP contribution in [0.4, 0.5) is 0 Å². The second kappa shape index (κ2) is 5.58. The molecule has 0 radical (unpaired) electrons. The van der Waals surface area contributed by atoms with Gasteiger partial charge in [-0.3, -0.25) is 9.59 Å². The molecule has 0 aliphatic heterocycles. The van der Waals surface area contributed by atoms with Crippen LogP contribution < -0.4 is 0 Å². The lowest BCUT2D eigenvalue weighted by Gasteiger charge is -2.57. The van der Waals surface area contributed by atoms with Crippen LogP contribution in [0.25, 0.3) is 0 Å². The fourth-order valence-electron chi connectivity index (χ4n) is 6.71. The van der Waals surface area contributed by atoms with Gasteiger partial charge in [0.05, 0.1) is 0 Å². The Kier molecular flexibility index (Phi) is 3.75. The zero-order valence-electron chi connectivity index (χ0n) is 15.0. The Balaban J connectivity index is 1.74. The molecule has 4 rings (SSSR count). The second-order valence-corrected chi connectivity index (χ2v) is 8.73. The van der Waals surface area contributed by atoms with Gasteiger partial charge in [0.25, 0.3) is 0 Å². The first kappa shape index (κ1) is 16.1. The molecular weight excluding hydrogens is 296 g/mol. The number of hydrogen-bond donors (Lipinski definition) is 0. The van der Waals surface area contributed by atoms with Crippen molar-refractivity contribution >= 4 is 11.6 Å². The third-order valence-electron chi connectivity index (χ3n) is 7.98. The van der Waals surface area contributed by atoms with Crippen LogP contribution in [0.3, 0.4) is 0 Å². The predicted molar refractivity (Wildman–Crippen MR) is 94.1 cm³/mol. The number of fused-ring (bicyclic) bond motifs is 5. The number of hydrogen-bond acceptors (Lipinski definition) is 2. The summed E-state index contributed by atoms with van der Waals surface area (Å²) in [5.74, 6) is 9.11. The van der Waals surface area contributed by atoms with Gasteiger partial charge in [-0.25, -0.2) is 0 Å². The van der Waals surface area contributed by atoms with Gasteiger partial charge in [0.1, 0.15) is 5.78 Å². The van der Waals surface area contributed by atoms with Crippen molar-refractivity contribution in [3.05, 3.63) is 11.6 Å². The van der Waals surface area contributed by atoms with Crippen molar-refractivity contribution in [1.82, 2.24) is 0 Å². The van der Waals surface area contributed by atoms with Gasteiger partial charge in [0.2, 0.25) is 0 Å². The van der Waals surface area contributed by atoms with Crippen molar-refractivity contribution in [2.75, 3.05) is 0 Å². The van der Waals surface area contributed by atoms with Gasteiger partial charge in [-0.1, -0.05) is 12.5 Å². The molecule has 24 heavy (non-hydrogen) atoms. The highest BCUT2D eigenvalue weighted by Gasteiger charge is 2.59. The lowest BCUT2D eigenvalue weighted by Crippen LogP contribution is -2.51. The molecule has 3 saturated carbocycles. The van der Waals surface area contributed by atoms with E-state index in [1.54, 1.807) is 0 Å². The van der Waals surface area contributed by atoms with E-state index >= 15 is 0 Å². The van der Waals surface area contributed by atoms with E-state index in [-0.39, 0.29) is 10.8 Å². The smallest absolute Gasteiger partial charge is 0.155 e. The molecule has 2 nitrogen and oxygen atoms in total. The van der Waals surface area contributed by atoms with Crippen LogP contribution in [-0.2, 0) is 9.59 Å². The molecule has 4 aliphatic rings. The Morgan fingerprint density at radius 1 is 1.08 bits per heavy atom. The first-order valence-corrected chi connectivity index (χ1v) is 9.68. The number of rotatable bonds is 1. The van der Waals surface area contributed by atoms with E-state index in [2.05, 4.69) is 18.8 Å². The molecule has 0 heterocycles. The molecule has 0 N–H and O–H groups in total. The molecule has 0 aromatic heterocycles. The van der Waals surface area contributed by atoms with E-state index in [1.165, 1.54) is 12.0 Å². The number of carbonyl (C=O) groups excluding carboxylic acids is 2. The van der Waals surface area contributed by atoms with Crippen LogP contribution in [0, 0.1) is 40.4 Å². The Labute approximate surface area is 145 Å². The Hall–Kier alpha value is -1.36. The summed E-state index contributed by atoms with van der Waals surface area (Å²) in [4.78, 5) is 24.5. The number of carbonyl (C=O) groups is 2. The summed E-state index contributed by atoms with van der Waals surface area (Å²) in [6.45, 7) is 4.15. The first-order valence-electron chi connectivity index (χ1n) is 9.68. The molecule has 0 saturated heterocycles. The lowest BCUT2D eigenvalue weighted by atomic mass is 9.46. The number of ketones is 2. The third kappa shape index (κ3) is 2.10. The Morgan fingerprint density at radius 3 is 2.71 bits per heavy atom. The SMILES string of the molecule is CC#CCC12CCC(=O)C=C1CC[C@@H]1[C@@H]2CC[C@]2(C)C(=O)CC[C@@H]12. The summed E-state index contributed by atoms with van der Waals surface area (Å²) >= 11 is 0. The van der Waals surface area contributed by atoms with E-state index in [1.807, 2.05) is 13.0 Å². The third-order valence-corrected chi connectivity index (χ3v) is 7.98. The highest BCUT2D eigenvalue weighted by molar-refractivity contribution is 5.92. The molecule has 0 amide bonds. The number of allylic oxidation sites excluding steroid dienone is 1. The molecular formula is C22H28O2. The molecule has 5 atom stereocenters. The minimum atomic E-state index is -0.0650. The minimum Gasteiger partial charge on any atom is -0.299 e. The van der Waals surface area contributed by atoms with Gasteiger partial charge < -0.3 is 0 Å². The Bertz CT molecular complexity index is 676. The van der Waals surface area contributed by atoms with Crippen LogP contribution in [-0.4, -0.2) is 11.6 Å². The fourth-order valence-corrected chi connectivity index (χ4v) is 6.71. The van der Waals surface area contributed by atoms with Gasteiger partial charge in [0.15, 0.2) is 5.78 Å². The maximum Gasteiger partial charge on any atom is 0.155 e. The molecule has 0 bridgehead atoms. The lowest BCUT2D eigenvalue weighted by molar-refractivity contribution is -0.132. The van der Waals surface area contributed by atoms with E-state index < -0.39 is 0 Å². The molecule has 0 aromatic carbocycles. The van der Waals surface area contributed by atoms with E-state index in [0.717, 1.165) is 44.9 Å². The predicted octanol–water partition coefficient (Wildman–Crippen LogP) is 4.48.